The van der Waals surface area contributed by atoms with Crippen LogP contribution in [-0.4, -0.2) is 79.4 Å². The monoisotopic (exact) mass is 570 g/mol. The first-order chi connectivity index (χ1) is 19.6. The topological polar surface area (TPSA) is 82.9 Å². The molecule has 1 N–H and O–H groups in total. The minimum atomic E-state index is -3.03. The number of morpholine rings is 1. The number of likely N-dealkylation sites (N-methyl/N-ethyl adjacent to an activating group) is 1. The van der Waals surface area contributed by atoms with Gasteiger partial charge in [0.15, 0.2) is 0 Å². The number of halogens is 3. The number of pyridine rings is 2. The van der Waals surface area contributed by atoms with Gasteiger partial charge in [-0.05, 0) is 38.2 Å². The summed E-state index contributed by atoms with van der Waals surface area (Å²) in [6.07, 6.45) is -1.94. The number of ether oxygens (including phenoxy) is 1. The highest BCUT2D eigenvalue weighted by molar-refractivity contribution is 6.07. The van der Waals surface area contributed by atoms with Gasteiger partial charge in [0.1, 0.15) is 11.6 Å². The van der Waals surface area contributed by atoms with Crippen LogP contribution in [-0.2, 0) is 11.8 Å². The lowest BCUT2D eigenvalue weighted by Gasteiger charge is -2.39. The van der Waals surface area contributed by atoms with Crippen LogP contribution in [0.25, 0.3) is 11.3 Å². The van der Waals surface area contributed by atoms with Gasteiger partial charge in [0, 0.05) is 69.2 Å². The minimum absolute atomic E-state index is 0.163. The molecule has 41 heavy (non-hydrogen) atoms. The standard InChI is InChI=1S/C29H33F3N6O3/c1-18-16-38(8-7-35(18)2)25-15-22(30)20(23-5-4-6-26(33-23)37-9-11-41-12-10-37)13-24(25)34-29(40)21-17-36(3)27(39)14-19(21)28(31)32/h4-6,13-15,17-18,28H,7-12,16H2,1-3H3,(H,34,40). The van der Waals surface area contributed by atoms with E-state index in [1.54, 1.807) is 12.1 Å². The van der Waals surface area contributed by atoms with Gasteiger partial charge < -0.3 is 29.3 Å². The average molecular weight is 571 g/mol. The third-order valence-corrected chi connectivity index (χ3v) is 7.72. The summed E-state index contributed by atoms with van der Waals surface area (Å²) >= 11 is 0. The van der Waals surface area contributed by atoms with Crippen LogP contribution in [0.4, 0.5) is 30.4 Å². The van der Waals surface area contributed by atoms with Crippen molar-refractivity contribution in [2.75, 3.05) is 68.1 Å². The maximum atomic E-state index is 15.8. The third-order valence-electron chi connectivity index (χ3n) is 7.72. The second kappa shape index (κ2) is 11.9. The summed E-state index contributed by atoms with van der Waals surface area (Å²) in [7, 11) is 3.39. The molecule has 1 aromatic carbocycles. The Hall–Kier alpha value is -3.90. The van der Waals surface area contributed by atoms with E-state index in [1.165, 1.54) is 19.2 Å². The third kappa shape index (κ3) is 6.08. The zero-order chi connectivity index (χ0) is 29.3. The molecule has 5 rings (SSSR count). The summed E-state index contributed by atoms with van der Waals surface area (Å²) < 4.78 is 49.9. The number of nitrogens with one attached hydrogen (secondary N) is 1. The molecule has 12 heteroatoms. The first kappa shape index (κ1) is 28.6. The summed E-state index contributed by atoms with van der Waals surface area (Å²) in [5.41, 5.74) is -0.422. The Morgan fingerprint density at radius 2 is 1.83 bits per heavy atom. The smallest absolute Gasteiger partial charge is 0.264 e. The van der Waals surface area contributed by atoms with Crippen molar-refractivity contribution in [1.29, 1.82) is 0 Å². The zero-order valence-electron chi connectivity index (χ0n) is 23.2. The van der Waals surface area contributed by atoms with E-state index in [0.29, 0.717) is 56.6 Å². The number of aromatic nitrogens is 2. The molecular formula is C29H33F3N6O3. The average Bonchev–Trinajstić information content (AvgIpc) is 2.96. The molecule has 0 radical (unpaired) electrons. The molecule has 2 aliphatic heterocycles. The Kier molecular flexibility index (Phi) is 8.32. The Balaban J connectivity index is 1.57. The van der Waals surface area contributed by atoms with Crippen molar-refractivity contribution in [3.05, 3.63) is 69.9 Å². The summed E-state index contributed by atoms with van der Waals surface area (Å²) in [5.74, 6) is -0.668. The number of carbonyl (C=O) groups is 1. The summed E-state index contributed by atoms with van der Waals surface area (Å²) in [5, 5.41) is 2.74. The van der Waals surface area contributed by atoms with Gasteiger partial charge in [-0.1, -0.05) is 6.07 Å². The molecule has 0 spiro atoms. The van der Waals surface area contributed by atoms with Crippen molar-refractivity contribution >= 4 is 23.1 Å². The van der Waals surface area contributed by atoms with Crippen LogP contribution in [0, 0.1) is 5.82 Å². The maximum Gasteiger partial charge on any atom is 0.264 e. The van der Waals surface area contributed by atoms with Crippen molar-refractivity contribution in [3.8, 4) is 11.3 Å². The lowest BCUT2D eigenvalue weighted by Crippen LogP contribution is -2.50. The molecule has 1 amide bonds. The van der Waals surface area contributed by atoms with Crippen LogP contribution in [0.15, 0.2) is 47.4 Å². The lowest BCUT2D eigenvalue weighted by atomic mass is 10.0. The van der Waals surface area contributed by atoms with Crippen LogP contribution in [0.3, 0.4) is 0 Å². The number of piperazine rings is 1. The van der Waals surface area contributed by atoms with Crippen molar-refractivity contribution < 1.29 is 22.7 Å². The van der Waals surface area contributed by atoms with Gasteiger partial charge in [-0.15, -0.1) is 0 Å². The van der Waals surface area contributed by atoms with Crippen LogP contribution in [0.1, 0.15) is 29.3 Å². The molecule has 2 saturated heterocycles. The number of nitrogens with zero attached hydrogens (tertiary/aromatic N) is 5. The molecule has 0 saturated carbocycles. The molecule has 0 aliphatic carbocycles. The Bertz CT molecular complexity index is 1490. The molecule has 0 bridgehead atoms. The van der Waals surface area contributed by atoms with Crippen LogP contribution >= 0.6 is 0 Å². The second-order valence-electron chi connectivity index (χ2n) is 10.5. The Morgan fingerprint density at radius 1 is 1.07 bits per heavy atom. The van der Waals surface area contributed by atoms with Gasteiger partial charge in [-0.3, -0.25) is 9.59 Å². The largest absolute Gasteiger partial charge is 0.378 e. The molecule has 218 valence electrons. The molecule has 3 aromatic rings. The maximum absolute atomic E-state index is 15.8. The van der Waals surface area contributed by atoms with Crippen molar-refractivity contribution in [1.82, 2.24) is 14.5 Å². The molecule has 9 nitrogen and oxygen atoms in total. The number of benzene rings is 1. The number of hydrogen-bond donors (Lipinski definition) is 1. The lowest BCUT2D eigenvalue weighted by molar-refractivity contribution is 0.101. The molecule has 2 aliphatic rings. The highest BCUT2D eigenvalue weighted by Crippen LogP contribution is 2.36. The molecule has 2 fully saturated rings. The van der Waals surface area contributed by atoms with Crippen LogP contribution < -0.4 is 20.7 Å². The van der Waals surface area contributed by atoms with Crippen LogP contribution in [0.2, 0.25) is 0 Å². The first-order valence-corrected chi connectivity index (χ1v) is 13.5. The van der Waals surface area contributed by atoms with E-state index in [-0.39, 0.29) is 22.9 Å². The van der Waals surface area contributed by atoms with Gasteiger partial charge in [0.2, 0.25) is 0 Å². The van der Waals surface area contributed by atoms with Crippen LogP contribution in [0.5, 0.6) is 0 Å². The van der Waals surface area contributed by atoms with E-state index in [2.05, 4.69) is 27.0 Å². The highest BCUT2D eigenvalue weighted by Gasteiger charge is 2.27. The number of rotatable bonds is 6. The number of aryl methyl sites for hydroxylation is 1. The van der Waals surface area contributed by atoms with E-state index < -0.39 is 29.3 Å². The number of hydrogen-bond acceptors (Lipinski definition) is 7. The predicted octanol–water partition coefficient (Wildman–Crippen LogP) is 3.75. The summed E-state index contributed by atoms with van der Waals surface area (Å²) in [6, 6.07) is 9.12. The Labute approximate surface area is 236 Å². The van der Waals surface area contributed by atoms with E-state index >= 15 is 4.39 Å². The highest BCUT2D eigenvalue weighted by atomic mass is 19.3. The number of alkyl halides is 2. The molecule has 1 unspecified atom stereocenters. The van der Waals surface area contributed by atoms with Gasteiger partial charge >= 0.3 is 0 Å². The minimum Gasteiger partial charge on any atom is -0.378 e. The SMILES string of the molecule is CC1CN(c2cc(F)c(-c3cccc(N4CCOCC4)n3)cc2NC(=O)c2cn(C)c(=O)cc2C(F)F)CCN1C. The summed E-state index contributed by atoms with van der Waals surface area (Å²) in [6.45, 7) is 6.38. The van der Waals surface area contributed by atoms with E-state index in [0.717, 1.165) is 23.4 Å². The van der Waals surface area contributed by atoms with Gasteiger partial charge in [-0.2, -0.15) is 0 Å². The zero-order valence-corrected chi connectivity index (χ0v) is 23.2. The number of anilines is 3. The summed E-state index contributed by atoms with van der Waals surface area (Å²) in [4.78, 5) is 36.3. The quantitative estimate of drug-likeness (QED) is 0.484. The molecule has 2 aromatic heterocycles. The fourth-order valence-corrected chi connectivity index (χ4v) is 5.13. The molecular weight excluding hydrogens is 537 g/mol. The van der Waals surface area contributed by atoms with E-state index in [9.17, 15) is 18.4 Å². The van der Waals surface area contributed by atoms with E-state index in [1.807, 2.05) is 18.0 Å². The normalized spacial score (nSPS) is 18.2. The van der Waals surface area contributed by atoms with Crippen molar-refractivity contribution in [2.24, 2.45) is 7.05 Å². The number of amides is 1. The Morgan fingerprint density at radius 3 is 2.54 bits per heavy atom. The fraction of sp³-hybridized carbons (Fsp3) is 0.414. The molecule has 4 heterocycles. The van der Waals surface area contributed by atoms with Gasteiger partial charge in [-0.25, -0.2) is 18.2 Å². The predicted molar refractivity (Wildman–Crippen MR) is 152 cm³/mol. The number of carbonyl (C=O) groups excluding carboxylic acids is 1. The molecule has 1 atom stereocenters. The fourth-order valence-electron chi connectivity index (χ4n) is 5.13. The van der Waals surface area contributed by atoms with Gasteiger partial charge in [0.05, 0.1) is 35.8 Å². The van der Waals surface area contributed by atoms with E-state index in [4.69, 9.17) is 4.74 Å². The second-order valence-corrected chi connectivity index (χ2v) is 10.5. The van der Waals surface area contributed by atoms with Crippen molar-refractivity contribution in [2.45, 2.75) is 19.4 Å². The van der Waals surface area contributed by atoms with Crippen molar-refractivity contribution in [3.63, 3.8) is 0 Å². The first-order valence-electron chi connectivity index (χ1n) is 13.5. The van der Waals surface area contributed by atoms with Gasteiger partial charge in [0.25, 0.3) is 17.9 Å².